The van der Waals surface area contributed by atoms with Crippen LogP contribution in [0.15, 0.2) is 47.7 Å². The highest BCUT2D eigenvalue weighted by Crippen LogP contribution is 2.28. The number of nitriles is 1. The summed E-state index contributed by atoms with van der Waals surface area (Å²) in [6.07, 6.45) is 4.71. The van der Waals surface area contributed by atoms with Crippen LogP contribution in [0, 0.1) is 11.3 Å². The molecule has 174 valence electrons. The van der Waals surface area contributed by atoms with Crippen molar-refractivity contribution in [3.05, 3.63) is 63.0 Å². The summed E-state index contributed by atoms with van der Waals surface area (Å²) in [6, 6.07) is 11.8. The van der Waals surface area contributed by atoms with Gasteiger partial charge in [0.1, 0.15) is 11.6 Å². The van der Waals surface area contributed by atoms with Crippen LogP contribution in [-0.2, 0) is 4.79 Å². The molecule has 6 nitrogen and oxygen atoms in total. The zero-order valence-corrected chi connectivity index (χ0v) is 20.2. The van der Waals surface area contributed by atoms with Gasteiger partial charge in [-0.3, -0.25) is 4.79 Å². The number of thiophene rings is 1. The highest BCUT2D eigenvalue weighted by Gasteiger charge is 2.12. The predicted molar refractivity (Wildman–Crippen MR) is 135 cm³/mol. The van der Waals surface area contributed by atoms with E-state index in [1.165, 1.54) is 17.4 Å². The van der Waals surface area contributed by atoms with Gasteiger partial charge >= 0.3 is 0 Å². The molecule has 0 fully saturated rings. The topological polar surface area (TPSA) is 96.6 Å². The number of allylic oxidation sites excluding steroid dienone is 2. The van der Waals surface area contributed by atoms with Crippen molar-refractivity contribution >= 4 is 36.0 Å². The second-order valence-corrected chi connectivity index (χ2v) is 8.48. The second kappa shape index (κ2) is 12.8. The summed E-state index contributed by atoms with van der Waals surface area (Å²) in [5, 5.41) is 31.9. The number of amides is 1. The first-order chi connectivity index (χ1) is 15.9. The fraction of sp³-hybridized carbons (Fsp3) is 0.308. The maximum absolute atomic E-state index is 12.2. The van der Waals surface area contributed by atoms with E-state index in [2.05, 4.69) is 48.9 Å². The van der Waals surface area contributed by atoms with Gasteiger partial charge < -0.3 is 20.4 Å². The fourth-order valence-corrected chi connectivity index (χ4v) is 4.20. The molecule has 2 rings (SSSR count). The van der Waals surface area contributed by atoms with Crippen LogP contribution in [0.3, 0.4) is 0 Å². The molecule has 1 aromatic heterocycles. The lowest BCUT2D eigenvalue weighted by Gasteiger charge is -2.21. The number of carbonyl (C=O) groups excluding carboxylic acids is 1. The van der Waals surface area contributed by atoms with Gasteiger partial charge in [-0.05, 0) is 67.1 Å². The number of benzene rings is 1. The van der Waals surface area contributed by atoms with Gasteiger partial charge in [0.2, 0.25) is 0 Å². The summed E-state index contributed by atoms with van der Waals surface area (Å²) < 4.78 is 0. The van der Waals surface area contributed by atoms with Gasteiger partial charge in [-0.2, -0.15) is 5.26 Å². The van der Waals surface area contributed by atoms with Crippen LogP contribution >= 0.6 is 11.3 Å². The lowest BCUT2D eigenvalue weighted by atomic mass is 10.1. The number of hydrogen-bond acceptors (Lipinski definition) is 6. The summed E-state index contributed by atoms with van der Waals surface area (Å²) >= 11 is 1.47. The number of nitrogens with one attached hydrogen (secondary N) is 1. The highest BCUT2D eigenvalue weighted by atomic mass is 32.1. The van der Waals surface area contributed by atoms with E-state index in [9.17, 15) is 15.2 Å². The van der Waals surface area contributed by atoms with Crippen LogP contribution in [0.2, 0.25) is 0 Å². The van der Waals surface area contributed by atoms with Crippen LogP contribution in [0.5, 0.6) is 0 Å². The SMILES string of the molecule is C=c1cc(-c2ccc(/C=C(\C#N)C(=O)NCC(O)CO)s2)cc/c1=C/C(=C\C)N(CC)CC. The largest absolute Gasteiger partial charge is 0.394 e. The van der Waals surface area contributed by atoms with E-state index in [1.54, 1.807) is 0 Å². The lowest BCUT2D eigenvalue weighted by Crippen LogP contribution is -2.34. The molecule has 33 heavy (non-hydrogen) atoms. The number of aliphatic hydroxyl groups is 2. The fourth-order valence-electron chi connectivity index (χ4n) is 3.25. The molecule has 2 aromatic rings. The highest BCUT2D eigenvalue weighted by molar-refractivity contribution is 7.16. The Morgan fingerprint density at radius 1 is 1.30 bits per heavy atom. The second-order valence-electron chi connectivity index (χ2n) is 7.36. The van der Waals surface area contributed by atoms with Crippen molar-refractivity contribution in [1.29, 1.82) is 5.26 Å². The molecule has 0 aliphatic rings. The monoisotopic (exact) mass is 465 g/mol. The normalized spacial score (nSPS) is 13.5. The molecule has 3 N–H and O–H groups in total. The minimum Gasteiger partial charge on any atom is -0.394 e. The smallest absolute Gasteiger partial charge is 0.262 e. The molecule has 7 heteroatoms. The molecule has 1 heterocycles. The number of nitrogens with zero attached hydrogens (tertiary/aromatic N) is 2. The third-order valence-corrected chi connectivity index (χ3v) is 6.22. The average Bonchev–Trinajstić information content (AvgIpc) is 3.30. The molecule has 0 bridgehead atoms. The number of carbonyl (C=O) groups is 1. The molecular weight excluding hydrogens is 434 g/mol. The molecule has 1 unspecified atom stereocenters. The number of rotatable bonds is 10. The van der Waals surface area contributed by atoms with E-state index >= 15 is 0 Å². The van der Waals surface area contributed by atoms with E-state index in [4.69, 9.17) is 5.11 Å². The van der Waals surface area contributed by atoms with Crippen LogP contribution in [-0.4, -0.2) is 53.4 Å². The van der Waals surface area contributed by atoms with Crippen LogP contribution in [0.1, 0.15) is 25.6 Å². The molecule has 0 aliphatic carbocycles. The third kappa shape index (κ3) is 7.16. The molecule has 1 amide bonds. The van der Waals surface area contributed by atoms with E-state index in [0.717, 1.165) is 44.5 Å². The third-order valence-electron chi connectivity index (χ3n) is 5.14. The van der Waals surface area contributed by atoms with Gasteiger partial charge in [-0.1, -0.05) is 24.8 Å². The molecular formula is C26H31N3O3S. The van der Waals surface area contributed by atoms with Crippen molar-refractivity contribution in [2.45, 2.75) is 26.9 Å². The Balaban J connectivity index is 2.26. The number of aliphatic hydroxyl groups excluding tert-OH is 2. The average molecular weight is 466 g/mol. The Hall–Kier alpha value is -3.18. The first-order valence-electron chi connectivity index (χ1n) is 10.9. The summed E-state index contributed by atoms with van der Waals surface area (Å²) in [4.78, 5) is 16.2. The Bertz CT molecular complexity index is 1170. The van der Waals surface area contributed by atoms with Crippen LogP contribution in [0.4, 0.5) is 0 Å². The Kier molecular flexibility index (Phi) is 10.1. The lowest BCUT2D eigenvalue weighted by molar-refractivity contribution is -0.117. The van der Waals surface area contributed by atoms with Gasteiger partial charge in [-0.25, -0.2) is 0 Å². The summed E-state index contributed by atoms with van der Waals surface area (Å²) in [6.45, 7) is 11.8. The van der Waals surface area contributed by atoms with Gasteiger partial charge in [0.15, 0.2) is 0 Å². The minimum atomic E-state index is -1.06. The molecule has 0 saturated heterocycles. The zero-order chi connectivity index (χ0) is 24.4. The molecule has 0 spiro atoms. The quantitative estimate of drug-likeness (QED) is 0.369. The van der Waals surface area contributed by atoms with Crippen LogP contribution < -0.4 is 15.8 Å². The van der Waals surface area contributed by atoms with Crippen molar-refractivity contribution < 1.29 is 15.0 Å². The summed E-state index contributed by atoms with van der Waals surface area (Å²) in [5.41, 5.74) is 2.11. The Morgan fingerprint density at radius 3 is 2.61 bits per heavy atom. The van der Waals surface area contributed by atoms with Gasteiger partial charge in [0, 0.05) is 35.1 Å². The molecule has 1 aromatic carbocycles. The molecule has 0 saturated carbocycles. The minimum absolute atomic E-state index is 0.0633. The van der Waals surface area contributed by atoms with Crippen molar-refractivity contribution in [3.8, 4) is 16.5 Å². The van der Waals surface area contributed by atoms with Crippen molar-refractivity contribution in [2.75, 3.05) is 26.2 Å². The van der Waals surface area contributed by atoms with Gasteiger partial charge in [-0.15, -0.1) is 11.3 Å². The first kappa shape index (κ1) is 26.1. The van der Waals surface area contributed by atoms with E-state index in [-0.39, 0.29) is 12.1 Å². The molecule has 0 radical (unpaired) electrons. The standard InChI is InChI=1S/C26H31N3O3S/c1-5-22(29(6-2)7-3)13-19-8-9-20(12-18(19)4)25-11-10-24(33-25)14-21(15-27)26(32)28-16-23(31)17-30/h5,8-14,23,30-31H,4,6-7,16-17H2,1-3H3,(H,28,32)/b19-13-,21-14+,22-5+. The maximum Gasteiger partial charge on any atom is 0.262 e. The van der Waals surface area contributed by atoms with E-state index in [1.807, 2.05) is 37.3 Å². The first-order valence-corrected chi connectivity index (χ1v) is 11.7. The Labute approximate surface area is 199 Å². The maximum atomic E-state index is 12.2. The predicted octanol–water partition coefficient (Wildman–Crippen LogP) is 2.23. The molecule has 0 aliphatic heterocycles. The van der Waals surface area contributed by atoms with E-state index < -0.39 is 18.6 Å². The molecule has 1 atom stereocenters. The van der Waals surface area contributed by atoms with E-state index in [0.29, 0.717) is 0 Å². The Morgan fingerprint density at radius 2 is 2.03 bits per heavy atom. The van der Waals surface area contributed by atoms with Crippen LogP contribution in [0.25, 0.3) is 29.2 Å². The van der Waals surface area contributed by atoms with Gasteiger partial charge in [0.05, 0.1) is 12.7 Å². The van der Waals surface area contributed by atoms with Gasteiger partial charge in [0.25, 0.3) is 5.91 Å². The number of hydrogen-bond donors (Lipinski definition) is 3. The summed E-state index contributed by atoms with van der Waals surface area (Å²) in [5.74, 6) is -0.590. The zero-order valence-electron chi connectivity index (χ0n) is 19.3. The van der Waals surface area contributed by atoms with Crippen molar-refractivity contribution in [1.82, 2.24) is 10.2 Å². The van der Waals surface area contributed by atoms with Crippen molar-refractivity contribution in [3.63, 3.8) is 0 Å². The summed E-state index contributed by atoms with van der Waals surface area (Å²) in [7, 11) is 0. The van der Waals surface area contributed by atoms with Crippen molar-refractivity contribution in [2.24, 2.45) is 0 Å².